The fourth-order valence-electron chi connectivity index (χ4n) is 6.87. The number of nitrogens with two attached hydrogens (primary N) is 2. The number of aryl methyl sites for hydroxylation is 1. The first kappa shape index (κ1) is 37.7. The van der Waals surface area contributed by atoms with Gasteiger partial charge in [-0.05, 0) is 80.1 Å². The number of hydrogen-bond acceptors (Lipinski definition) is 13. The minimum absolute atomic E-state index is 0.174. The molecule has 0 aliphatic carbocycles. The molecule has 2 aliphatic rings. The van der Waals surface area contributed by atoms with E-state index in [1.54, 1.807) is 33.3 Å². The van der Waals surface area contributed by atoms with Crippen LogP contribution in [-0.2, 0) is 37.3 Å². The smallest absolute Gasteiger partial charge is 0.268 e. The summed E-state index contributed by atoms with van der Waals surface area (Å²) >= 11 is 3.40. The Kier molecular flexibility index (Phi) is 11.2. The number of amides is 2. The van der Waals surface area contributed by atoms with Crippen molar-refractivity contribution in [1.29, 1.82) is 0 Å². The van der Waals surface area contributed by atoms with E-state index >= 15 is 0 Å². The van der Waals surface area contributed by atoms with E-state index in [0.29, 0.717) is 56.3 Å². The molecule has 57 heavy (non-hydrogen) atoms. The summed E-state index contributed by atoms with van der Waals surface area (Å²) in [5.41, 5.74) is 16.2. The van der Waals surface area contributed by atoms with Crippen molar-refractivity contribution in [2.75, 3.05) is 23.8 Å². The topological polar surface area (TPSA) is 203 Å². The van der Waals surface area contributed by atoms with Crippen LogP contribution in [-0.4, -0.2) is 59.1 Å². The number of thiophene rings is 2. The van der Waals surface area contributed by atoms with Gasteiger partial charge in [-0.3, -0.25) is 18.7 Å². The summed E-state index contributed by atoms with van der Waals surface area (Å²) < 4.78 is 15.2. The summed E-state index contributed by atoms with van der Waals surface area (Å²) in [6.45, 7) is 5.14. The minimum atomic E-state index is -0.585. The summed E-state index contributed by atoms with van der Waals surface area (Å²) in [6, 6.07) is 15.7. The number of fused-ring (bicyclic) bond motifs is 3. The van der Waals surface area contributed by atoms with Gasteiger partial charge in [-0.15, -0.1) is 22.7 Å². The van der Waals surface area contributed by atoms with Gasteiger partial charge in [0.05, 0.1) is 43.1 Å². The second-order valence-electron chi connectivity index (χ2n) is 13.5. The lowest BCUT2D eigenvalue weighted by Crippen LogP contribution is -2.13. The Morgan fingerprint density at radius 1 is 0.825 bits per heavy atom. The number of nitrogens with zero attached hydrogens (tertiary/aromatic N) is 7. The van der Waals surface area contributed by atoms with Gasteiger partial charge in [-0.25, -0.2) is 9.97 Å². The number of rotatable bonds is 10. The van der Waals surface area contributed by atoms with Crippen LogP contribution in [0.1, 0.15) is 72.4 Å². The molecule has 1 aromatic carbocycles. The Hall–Kier alpha value is -6.17. The van der Waals surface area contributed by atoms with Crippen molar-refractivity contribution in [3.63, 3.8) is 0 Å². The molecular formula is C40H41N11O4S2. The number of carbonyl (C=O) groups is 2. The van der Waals surface area contributed by atoms with Gasteiger partial charge in [0.25, 0.3) is 5.91 Å². The molecule has 2 amide bonds. The van der Waals surface area contributed by atoms with Crippen LogP contribution in [0, 0.1) is 6.92 Å². The minimum Gasteiger partial charge on any atom is -0.477 e. The van der Waals surface area contributed by atoms with E-state index < -0.39 is 11.8 Å². The quantitative estimate of drug-likeness (QED) is 0.124. The zero-order valence-electron chi connectivity index (χ0n) is 31.2. The molecule has 0 radical (unpaired) electrons. The molecule has 0 saturated carbocycles. The average Bonchev–Trinajstić information content (AvgIpc) is 4.02. The Morgan fingerprint density at radius 3 is 2.26 bits per heavy atom. The highest BCUT2D eigenvalue weighted by Gasteiger charge is 2.22. The van der Waals surface area contributed by atoms with Gasteiger partial charge in [0.1, 0.15) is 23.7 Å². The van der Waals surface area contributed by atoms with E-state index in [4.69, 9.17) is 30.9 Å². The van der Waals surface area contributed by atoms with Gasteiger partial charge in [0.15, 0.2) is 0 Å². The van der Waals surface area contributed by atoms with Gasteiger partial charge >= 0.3 is 0 Å². The van der Waals surface area contributed by atoms with E-state index in [1.807, 2.05) is 47.2 Å². The standard InChI is InChI=1S/C23H23N5O2S.C17H18N6O2S/c1-14-12-18-16(20(24)29)8-4-9-19(18)28(14)23-26-21(25-13-15-6-5-11-31-15)17-7-2-3-10-30-22(17)27-23;18-15(24)13-8-23(10-20-13)17-21-14-9-25-5-1-4-12(14)16(22-17)19-7-11-3-2-6-26-11/h4-6,8-9,11-12H,2-3,7,10,13H2,1H3,(H2,24,29)(H,25,26,27);2-3,6,8,10H,1,4-5,7,9H2,(H2,18,24)(H,19,21,22). The van der Waals surface area contributed by atoms with Crippen LogP contribution in [0.5, 0.6) is 5.88 Å². The van der Waals surface area contributed by atoms with Crippen molar-refractivity contribution < 1.29 is 19.1 Å². The van der Waals surface area contributed by atoms with Crippen LogP contribution >= 0.6 is 22.7 Å². The van der Waals surface area contributed by atoms with Crippen molar-refractivity contribution >= 4 is 57.0 Å². The first-order valence-corrected chi connectivity index (χ1v) is 20.4. The number of imidazole rings is 1. The van der Waals surface area contributed by atoms with Crippen molar-refractivity contribution in [3.05, 3.63) is 115 Å². The first-order valence-electron chi connectivity index (χ1n) is 18.6. The van der Waals surface area contributed by atoms with Crippen molar-refractivity contribution in [2.45, 2.75) is 58.7 Å². The van der Waals surface area contributed by atoms with Crippen molar-refractivity contribution in [3.8, 4) is 17.8 Å². The first-order chi connectivity index (χ1) is 27.8. The molecule has 0 unspecified atom stereocenters. The van der Waals surface area contributed by atoms with E-state index in [-0.39, 0.29) is 5.69 Å². The molecule has 6 aromatic heterocycles. The van der Waals surface area contributed by atoms with Crippen molar-refractivity contribution in [1.82, 2.24) is 34.1 Å². The fraction of sp³-hybridized carbons (Fsp3) is 0.275. The number of primary amides is 2. The Balaban J connectivity index is 0.000000162. The fourth-order valence-corrected chi connectivity index (χ4v) is 8.16. The predicted molar refractivity (Wildman–Crippen MR) is 219 cm³/mol. The van der Waals surface area contributed by atoms with E-state index in [0.717, 1.165) is 77.2 Å². The van der Waals surface area contributed by atoms with E-state index in [1.165, 1.54) is 22.3 Å². The molecule has 2 aliphatic heterocycles. The molecule has 7 aromatic rings. The molecular weight excluding hydrogens is 763 g/mol. The van der Waals surface area contributed by atoms with Crippen LogP contribution < -0.4 is 26.8 Å². The predicted octanol–water partition coefficient (Wildman–Crippen LogP) is 6.11. The molecule has 15 nitrogen and oxygen atoms in total. The highest BCUT2D eigenvalue weighted by molar-refractivity contribution is 7.10. The summed E-state index contributed by atoms with van der Waals surface area (Å²) in [7, 11) is 0. The number of anilines is 2. The van der Waals surface area contributed by atoms with Crippen LogP contribution in [0.3, 0.4) is 0 Å². The highest BCUT2D eigenvalue weighted by Crippen LogP contribution is 2.32. The number of aromatic nitrogens is 7. The van der Waals surface area contributed by atoms with E-state index in [2.05, 4.69) is 43.1 Å². The Bertz CT molecular complexity index is 2530. The van der Waals surface area contributed by atoms with Gasteiger partial charge in [0, 0.05) is 44.8 Å². The second-order valence-corrected chi connectivity index (χ2v) is 15.6. The average molecular weight is 804 g/mol. The van der Waals surface area contributed by atoms with Gasteiger partial charge in [0.2, 0.25) is 23.7 Å². The maximum Gasteiger partial charge on any atom is 0.268 e. The van der Waals surface area contributed by atoms with Crippen LogP contribution in [0.4, 0.5) is 11.6 Å². The zero-order valence-corrected chi connectivity index (χ0v) is 32.9. The summed E-state index contributed by atoms with van der Waals surface area (Å²) in [4.78, 5) is 48.6. The third-order valence-corrected chi connectivity index (χ3v) is 11.4. The third-order valence-electron chi connectivity index (χ3n) is 9.63. The molecule has 0 bridgehead atoms. The SMILES string of the molecule is Cc1cc2c(C(N)=O)cccc2n1-c1nc(NCc2cccs2)c2c(n1)OCCCC2.NC(=O)c1cn(-c2nc3c(c(NCc4cccs4)n2)CCCOC3)cn1. The normalized spacial score (nSPS) is 13.6. The van der Waals surface area contributed by atoms with Crippen LogP contribution in [0.2, 0.25) is 0 Å². The van der Waals surface area contributed by atoms with E-state index in [9.17, 15) is 9.59 Å². The Morgan fingerprint density at radius 2 is 1.56 bits per heavy atom. The molecule has 0 spiro atoms. The molecule has 0 saturated heterocycles. The summed E-state index contributed by atoms with van der Waals surface area (Å²) in [5.74, 6) is 2.13. The lowest BCUT2D eigenvalue weighted by Gasteiger charge is -2.16. The molecule has 8 heterocycles. The number of benzene rings is 1. The number of carbonyl (C=O) groups excluding carboxylic acids is 2. The zero-order chi connectivity index (χ0) is 39.3. The van der Waals surface area contributed by atoms with Crippen LogP contribution in [0.25, 0.3) is 22.8 Å². The van der Waals surface area contributed by atoms with Gasteiger partial charge < -0.3 is 31.6 Å². The maximum absolute atomic E-state index is 11.9. The second kappa shape index (κ2) is 16.9. The molecule has 6 N–H and O–H groups in total. The molecule has 17 heteroatoms. The van der Waals surface area contributed by atoms with Gasteiger partial charge in [-0.1, -0.05) is 18.2 Å². The Labute approximate surface area is 336 Å². The molecule has 0 fully saturated rings. The summed E-state index contributed by atoms with van der Waals surface area (Å²) in [5, 5.41) is 11.8. The van der Waals surface area contributed by atoms with Gasteiger partial charge in [-0.2, -0.15) is 15.0 Å². The number of ether oxygens (including phenoxy) is 2. The molecule has 292 valence electrons. The molecule has 9 rings (SSSR count). The largest absolute Gasteiger partial charge is 0.477 e. The number of nitrogens with one attached hydrogen (secondary N) is 2. The highest BCUT2D eigenvalue weighted by atomic mass is 32.1. The maximum atomic E-state index is 11.9. The van der Waals surface area contributed by atoms with Crippen molar-refractivity contribution in [2.24, 2.45) is 11.5 Å². The summed E-state index contributed by atoms with van der Waals surface area (Å²) in [6.07, 6.45) is 7.71. The molecule has 0 atom stereocenters. The monoisotopic (exact) mass is 803 g/mol. The number of hydrogen-bond donors (Lipinski definition) is 4. The lowest BCUT2D eigenvalue weighted by atomic mass is 10.1. The van der Waals surface area contributed by atoms with Crippen LogP contribution in [0.15, 0.2) is 71.8 Å². The lowest BCUT2D eigenvalue weighted by molar-refractivity contribution is 0.0990. The third kappa shape index (κ3) is 8.35.